The number of ether oxygens (including phenoxy) is 2. The summed E-state index contributed by atoms with van der Waals surface area (Å²) in [6, 6.07) is 7.03. The minimum absolute atomic E-state index is 0.182. The van der Waals surface area contributed by atoms with Gasteiger partial charge < -0.3 is 19.5 Å². The van der Waals surface area contributed by atoms with Gasteiger partial charge in [-0.05, 0) is 51.0 Å². The average molecular weight is 307 g/mol. The molecule has 0 unspecified atom stereocenters. The first-order chi connectivity index (χ1) is 10.4. The van der Waals surface area contributed by atoms with E-state index in [1.807, 2.05) is 13.8 Å². The van der Waals surface area contributed by atoms with Gasteiger partial charge in [0.15, 0.2) is 0 Å². The highest BCUT2D eigenvalue weighted by Crippen LogP contribution is 2.20. The molecule has 0 atom stereocenters. The molecule has 5 heteroatoms. The lowest BCUT2D eigenvalue weighted by Gasteiger charge is -2.35. The molecule has 0 amide bonds. The molecule has 1 saturated heterocycles. The number of hydrogen-bond donors (Lipinski definition) is 1. The summed E-state index contributed by atoms with van der Waals surface area (Å²) in [6.07, 6.45) is 2.06. The van der Waals surface area contributed by atoms with Gasteiger partial charge in [0, 0.05) is 19.6 Å². The van der Waals surface area contributed by atoms with Gasteiger partial charge in [0.1, 0.15) is 11.9 Å². The van der Waals surface area contributed by atoms with E-state index in [1.165, 1.54) is 7.11 Å². The Morgan fingerprint density at radius 2 is 1.86 bits per heavy atom. The standard InChI is InChI=1S/C17H25NO4/c1-17(2,20)12-18-10-8-15(9-11-18)22-14-6-4-13(5-7-14)16(19)21-3/h4-7,15,20H,8-12H2,1-3H3. The van der Waals surface area contributed by atoms with E-state index in [4.69, 9.17) is 4.74 Å². The summed E-state index contributed by atoms with van der Waals surface area (Å²) < 4.78 is 10.6. The fourth-order valence-corrected chi connectivity index (χ4v) is 2.71. The lowest BCUT2D eigenvalue weighted by Crippen LogP contribution is -2.45. The fraction of sp³-hybridized carbons (Fsp3) is 0.588. The number of carbonyl (C=O) groups excluding carboxylic acids is 1. The van der Waals surface area contributed by atoms with E-state index in [1.54, 1.807) is 24.3 Å². The first-order valence-electron chi connectivity index (χ1n) is 7.67. The van der Waals surface area contributed by atoms with E-state index >= 15 is 0 Å². The predicted octanol–water partition coefficient (Wildman–Crippen LogP) is 2.09. The lowest BCUT2D eigenvalue weighted by molar-refractivity contribution is 0.0140. The van der Waals surface area contributed by atoms with Gasteiger partial charge in [0.2, 0.25) is 0 Å². The third kappa shape index (κ3) is 5.00. The average Bonchev–Trinajstić information content (AvgIpc) is 2.48. The Morgan fingerprint density at radius 1 is 1.27 bits per heavy atom. The van der Waals surface area contributed by atoms with Crippen molar-refractivity contribution in [3.8, 4) is 5.75 Å². The summed E-state index contributed by atoms with van der Waals surface area (Å²) >= 11 is 0. The van der Waals surface area contributed by atoms with Gasteiger partial charge in [-0.3, -0.25) is 0 Å². The van der Waals surface area contributed by atoms with Crippen LogP contribution in [0.3, 0.4) is 0 Å². The van der Waals surface area contributed by atoms with E-state index in [9.17, 15) is 9.90 Å². The number of aliphatic hydroxyl groups is 1. The molecule has 1 aliphatic heterocycles. The number of rotatable bonds is 5. The van der Waals surface area contributed by atoms with Crippen molar-refractivity contribution < 1.29 is 19.4 Å². The Morgan fingerprint density at radius 3 is 2.36 bits per heavy atom. The number of esters is 1. The minimum atomic E-state index is -0.655. The van der Waals surface area contributed by atoms with Crippen molar-refractivity contribution in [2.24, 2.45) is 0 Å². The smallest absolute Gasteiger partial charge is 0.337 e. The van der Waals surface area contributed by atoms with Crippen LogP contribution in [-0.4, -0.2) is 54.4 Å². The Bertz CT molecular complexity index is 484. The van der Waals surface area contributed by atoms with Crippen LogP contribution in [0, 0.1) is 0 Å². The number of piperidine rings is 1. The predicted molar refractivity (Wildman–Crippen MR) is 84.2 cm³/mol. The van der Waals surface area contributed by atoms with Gasteiger partial charge in [-0.15, -0.1) is 0 Å². The van der Waals surface area contributed by atoms with Crippen LogP contribution in [0.5, 0.6) is 5.75 Å². The third-order valence-electron chi connectivity index (χ3n) is 3.72. The molecule has 1 aromatic rings. The first-order valence-corrected chi connectivity index (χ1v) is 7.67. The molecular weight excluding hydrogens is 282 g/mol. The molecule has 0 bridgehead atoms. The SMILES string of the molecule is COC(=O)c1ccc(OC2CCN(CC(C)(C)O)CC2)cc1. The largest absolute Gasteiger partial charge is 0.490 e. The van der Waals surface area contributed by atoms with Crippen molar-refractivity contribution in [2.75, 3.05) is 26.7 Å². The zero-order valence-electron chi connectivity index (χ0n) is 13.5. The lowest BCUT2D eigenvalue weighted by atomic mass is 10.0. The second-order valence-corrected chi connectivity index (χ2v) is 6.42. The summed E-state index contributed by atoms with van der Waals surface area (Å²) in [5.74, 6) is 0.431. The zero-order chi connectivity index (χ0) is 16.2. The maximum Gasteiger partial charge on any atom is 0.337 e. The monoisotopic (exact) mass is 307 g/mol. The summed E-state index contributed by atoms with van der Waals surface area (Å²) in [5, 5.41) is 9.85. The Labute approximate surface area is 131 Å². The molecule has 1 N–H and O–H groups in total. The highest BCUT2D eigenvalue weighted by Gasteiger charge is 2.24. The highest BCUT2D eigenvalue weighted by atomic mass is 16.5. The van der Waals surface area contributed by atoms with Crippen LogP contribution in [0.4, 0.5) is 0 Å². The molecule has 1 aliphatic rings. The minimum Gasteiger partial charge on any atom is -0.490 e. The highest BCUT2D eigenvalue weighted by molar-refractivity contribution is 5.89. The molecule has 5 nitrogen and oxygen atoms in total. The summed E-state index contributed by atoms with van der Waals surface area (Å²) in [6.45, 7) is 6.20. The van der Waals surface area contributed by atoms with Gasteiger partial charge in [-0.1, -0.05) is 0 Å². The van der Waals surface area contributed by atoms with Gasteiger partial charge in [0.25, 0.3) is 0 Å². The molecule has 1 aromatic carbocycles. The van der Waals surface area contributed by atoms with Crippen molar-refractivity contribution in [1.82, 2.24) is 4.90 Å². The number of hydrogen-bond acceptors (Lipinski definition) is 5. The van der Waals surface area contributed by atoms with E-state index in [0.29, 0.717) is 12.1 Å². The van der Waals surface area contributed by atoms with E-state index < -0.39 is 5.60 Å². The second kappa shape index (κ2) is 7.11. The van der Waals surface area contributed by atoms with Crippen LogP contribution in [0.2, 0.25) is 0 Å². The van der Waals surface area contributed by atoms with Crippen molar-refractivity contribution in [3.63, 3.8) is 0 Å². The van der Waals surface area contributed by atoms with Gasteiger partial charge in [-0.25, -0.2) is 4.79 Å². The molecule has 2 rings (SSSR count). The molecular formula is C17H25NO4. The summed E-state index contributed by atoms with van der Waals surface area (Å²) in [5.41, 5.74) is -0.132. The molecule has 122 valence electrons. The third-order valence-corrected chi connectivity index (χ3v) is 3.72. The number of methoxy groups -OCH3 is 1. The van der Waals surface area contributed by atoms with Crippen molar-refractivity contribution in [3.05, 3.63) is 29.8 Å². The van der Waals surface area contributed by atoms with Crippen molar-refractivity contribution in [2.45, 2.75) is 38.4 Å². The molecule has 0 spiro atoms. The van der Waals surface area contributed by atoms with Crippen molar-refractivity contribution >= 4 is 5.97 Å². The van der Waals surface area contributed by atoms with Gasteiger partial charge in [0.05, 0.1) is 18.3 Å². The van der Waals surface area contributed by atoms with Crippen molar-refractivity contribution in [1.29, 1.82) is 0 Å². The number of β-amino-alcohol motifs (C(OH)–C–C–N with tert-alkyl or cyclic N) is 1. The van der Waals surface area contributed by atoms with E-state index in [0.717, 1.165) is 31.7 Å². The molecule has 0 saturated carbocycles. The molecule has 0 aromatic heterocycles. The molecule has 0 aliphatic carbocycles. The number of likely N-dealkylation sites (tertiary alicyclic amines) is 1. The van der Waals surface area contributed by atoms with Crippen LogP contribution in [0.25, 0.3) is 0 Å². The number of carbonyl (C=O) groups is 1. The van der Waals surface area contributed by atoms with Gasteiger partial charge in [-0.2, -0.15) is 0 Å². The molecule has 0 radical (unpaired) electrons. The van der Waals surface area contributed by atoms with Crippen LogP contribution in [0.1, 0.15) is 37.0 Å². The first kappa shape index (κ1) is 16.8. The maximum absolute atomic E-state index is 11.4. The molecule has 22 heavy (non-hydrogen) atoms. The summed E-state index contributed by atoms with van der Waals surface area (Å²) in [7, 11) is 1.37. The van der Waals surface area contributed by atoms with Crippen LogP contribution in [0.15, 0.2) is 24.3 Å². The Hall–Kier alpha value is -1.59. The van der Waals surface area contributed by atoms with Crippen LogP contribution >= 0.6 is 0 Å². The zero-order valence-corrected chi connectivity index (χ0v) is 13.5. The second-order valence-electron chi connectivity index (χ2n) is 6.42. The van der Waals surface area contributed by atoms with Gasteiger partial charge >= 0.3 is 5.97 Å². The van der Waals surface area contributed by atoms with E-state index in [2.05, 4.69) is 9.64 Å². The molecule has 1 fully saturated rings. The summed E-state index contributed by atoms with van der Waals surface area (Å²) in [4.78, 5) is 13.6. The number of nitrogens with zero attached hydrogens (tertiary/aromatic N) is 1. The topological polar surface area (TPSA) is 59.0 Å². The normalized spacial score (nSPS) is 17.3. The fourth-order valence-electron chi connectivity index (χ4n) is 2.71. The van der Waals surface area contributed by atoms with Crippen LogP contribution in [-0.2, 0) is 4.74 Å². The maximum atomic E-state index is 11.4. The van der Waals surface area contributed by atoms with E-state index in [-0.39, 0.29) is 12.1 Å². The Balaban J connectivity index is 1.82. The van der Waals surface area contributed by atoms with Crippen LogP contribution < -0.4 is 4.74 Å². The molecule has 1 heterocycles. The Kier molecular flexibility index (Phi) is 5.42. The number of benzene rings is 1. The quantitative estimate of drug-likeness (QED) is 0.844.